The van der Waals surface area contributed by atoms with E-state index in [1.165, 1.54) is 23.1 Å². The molecule has 8 heteroatoms. The average Bonchev–Trinajstić information content (AvgIpc) is 2.66. The number of nitrogens with one attached hydrogen (secondary N) is 1. The molecule has 0 saturated carbocycles. The molecule has 1 unspecified atom stereocenters. The van der Waals surface area contributed by atoms with E-state index in [4.69, 9.17) is 11.6 Å². The lowest BCUT2D eigenvalue weighted by molar-refractivity contribution is -0.384. The summed E-state index contributed by atoms with van der Waals surface area (Å²) in [5.41, 5.74) is 1.69. The molecular formula is C21H24ClN3O4. The van der Waals surface area contributed by atoms with Crippen LogP contribution >= 0.6 is 11.6 Å². The largest absolute Gasteiger partial charge is 0.340 e. The number of benzene rings is 2. The van der Waals surface area contributed by atoms with Gasteiger partial charge in [0.25, 0.3) is 11.6 Å². The molecule has 7 nitrogen and oxygen atoms in total. The van der Waals surface area contributed by atoms with Crippen LogP contribution in [0.2, 0.25) is 5.02 Å². The highest BCUT2D eigenvalue weighted by Gasteiger charge is 2.28. The first-order chi connectivity index (χ1) is 13.6. The number of nitro groups is 1. The molecule has 2 amide bonds. The van der Waals surface area contributed by atoms with Gasteiger partial charge in [-0.3, -0.25) is 19.7 Å². The van der Waals surface area contributed by atoms with Crippen LogP contribution in [0.15, 0.2) is 42.5 Å². The summed E-state index contributed by atoms with van der Waals surface area (Å²) in [5.74, 6) is -0.778. The topological polar surface area (TPSA) is 92.6 Å². The Labute approximate surface area is 174 Å². The van der Waals surface area contributed by atoms with Crippen molar-refractivity contribution in [2.45, 2.75) is 33.4 Å². The molecule has 0 bridgehead atoms. The van der Waals surface area contributed by atoms with Crippen molar-refractivity contribution in [2.24, 2.45) is 5.92 Å². The number of carbonyl (C=O) groups is 2. The third-order valence-electron chi connectivity index (χ3n) is 4.63. The van der Waals surface area contributed by atoms with Gasteiger partial charge in [-0.2, -0.15) is 0 Å². The first-order valence-corrected chi connectivity index (χ1v) is 9.54. The highest BCUT2D eigenvalue weighted by molar-refractivity contribution is 6.31. The van der Waals surface area contributed by atoms with Crippen molar-refractivity contribution in [3.8, 4) is 0 Å². The predicted octanol–water partition coefficient (Wildman–Crippen LogP) is 3.97. The van der Waals surface area contributed by atoms with Gasteiger partial charge in [-0.1, -0.05) is 43.6 Å². The maximum atomic E-state index is 13.0. The lowest BCUT2D eigenvalue weighted by Crippen LogP contribution is -2.50. The summed E-state index contributed by atoms with van der Waals surface area (Å²) in [6, 6.07) is 10.5. The molecule has 0 fully saturated rings. The second-order valence-electron chi connectivity index (χ2n) is 7.24. The molecule has 2 aromatic carbocycles. The van der Waals surface area contributed by atoms with E-state index in [-0.39, 0.29) is 30.0 Å². The number of halogens is 1. The Morgan fingerprint density at radius 3 is 2.45 bits per heavy atom. The van der Waals surface area contributed by atoms with Crippen molar-refractivity contribution in [3.63, 3.8) is 0 Å². The SMILES string of the molecule is Cc1ccccc1C(=O)NC(C(=O)N(C)Cc1cc([N+](=O)[O-])ccc1Cl)C(C)C. The smallest absolute Gasteiger partial charge is 0.269 e. The van der Waals surface area contributed by atoms with Crippen LogP contribution in [-0.4, -0.2) is 34.7 Å². The van der Waals surface area contributed by atoms with Crippen molar-refractivity contribution >= 4 is 29.1 Å². The van der Waals surface area contributed by atoms with Crippen molar-refractivity contribution in [1.29, 1.82) is 0 Å². The minimum Gasteiger partial charge on any atom is -0.340 e. The minimum atomic E-state index is -0.746. The number of nitro benzene ring substituents is 1. The summed E-state index contributed by atoms with van der Waals surface area (Å²) >= 11 is 6.14. The van der Waals surface area contributed by atoms with Crippen molar-refractivity contribution in [1.82, 2.24) is 10.2 Å². The molecule has 0 saturated heterocycles. The van der Waals surface area contributed by atoms with E-state index in [1.807, 2.05) is 32.9 Å². The van der Waals surface area contributed by atoms with E-state index >= 15 is 0 Å². The maximum Gasteiger partial charge on any atom is 0.269 e. The van der Waals surface area contributed by atoms with Crippen molar-refractivity contribution < 1.29 is 14.5 Å². The van der Waals surface area contributed by atoms with Crippen LogP contribution < -0.4 is 5.32 Å². The second-order valence-corrected chi connectivity index (χ2v) is 7.64. The summed E-state index contributed by atoms with van der Waals surface area (Å²) in [6.07, 6.45) is 0. The third-order valence-corrected chi connectivity index (χ3v) is 5.00. The van der Waals surface area contributed by atoms with Gasteiger partial charge < -0.3 is 10.2 Å². The molecule has 0 spiro atoms. The number of hydrogen-bond acceptors (Lipinski definition) is 4. The van der Waals surface area contributed by atoms with Gasteiger partial charge >= 0.3 is 0 Å². The molecule has 154 valence electrons. The van der Waals surface area contributed by atoms with Gasteiger partial charge in [0.15, 0.2) is 0 Å². The lowest BCUT2D eigenvalue weighted by atomic mass is 10.0. The van der Waals surface area contributed by atoms with E-state index in [9.17, 15) is 19.7 Å². The average molecular weight is 418 g/mol. The zero-order valence-electron chi connectivity index (χ0n) is 16.8. The zero-order valence-corrected chi connectivity index (χ0v) is 17.6. The van der Waals surface area contributed by atoms with E-state index in [0.717, 1.165) is 5.56 Å². The van der Waals surface area contributed by atoms with Crippen LogP contribution in [-0.2, 0) is 11.3 Å². The molecule has 0 aliphatic carbocycles. The Hall–Kier alpha value is -2.93. The summed E-state index contributed by atoms with van der Waals surface area (Å²) in [7, 11) is 1.58. The fourth-order valence-electron chi connectivity index (χ4n) is 2.93. The van der Waals surface area contributed by atoms with Gasteiger partial charge in [-0.05, 0) is 36.1 Å². The molecule has 1 N–H and O–H groups in total. The fraction of sp³-hybridized carbons (Fsp3) is 0.333. The quantitative estimate of drug-likeness (QED) is 0.545. The summed E-state index contributed by atoms with van der Waals surface area (Å²) in [5, 5.41) is 14.1. The highest BCUT2D eigenvalue weighted by Crippen LogP contribution is 2.23. The molecule has 0 aromatic heterocycles. The number of carbonyl (C=O) groups excluding carboxylic acids is 2. The lowest BCUT2D eigenvalue weighted by Gasteiger charge is -2.27. The van der Waals surface area contributed by atoms with Gasteiger partial charge in [0.1, 0.15) is 6.04 Å². The van der Waals surface area contributed by atoms with Crippen LogP contribution in [0.25, 0.3) is 0 Å². The number of likely N-dealkylation sites (N-methyl/N-ethyl adjacent to an activating group) is 1. The third kappa shape index (κ3) is 5.54. The van der Waals surface area contributed by atoms with Crippen LogP contribution in [0.3, 0.4) is 0 Å². The van der Waals surface area contributed by atoms with E-state index in [0.29, 0.717) is 16.1 Å². The van der Waals surface area contributed by atoms with Crippen LogP contribution in [0.5, 0.6) is 0 Å². The normalized spacial score (nSPS) is 11.8. The minimum absolute atomic E-state index is 0.0861. The van der Waals surface area contributed by atoms with E-state index < -0.39 is 11.0 Å². The molecule has 0 aliphatic heterocycles. The number of aryl methyl sites for hydroxylation is 1. The van der Waals surface area contributed by atoms with Crippen LogP contribution in [0.1, 0.15) is 35.3 Å². The Morgan fingerprint density at radius 2 is 1.86 bits per heavy atom. The Bertz CT molecular complexity index is 930. The summed E-state index contributed by atoms with van der Waals surface area (Å²) in [4.78, 5) is 37.6. The van der Waals surface area contributed by atoms with Crippen molar-refractivity contribution in [2.75, 3.05) is 7.05 Å². The molecule has 2 aromatic rings. The molecular weight excluding hydrogens is 394 g/mol. The molecule has 1 atom stereocenters. The molecule has 2 rings (SSSR count). The Morgan fingerprint density at radius 1 is 1.21 bits per heavy atom. The van der Waals surface area contributed by atoms with Crippen LogP contribution in [0.4, 0.5) is 5.69 Å². The van der Waals surface area contributed by atoms with Gasteiger partial charge in [0.05, 0.1) is 4.92 Å². The fourth-order valence-corrected chi connectivity index (χ4v) is 3.10. The number of amides is 2. The highest BCUT2D eigenvalue weighted by atomic mass is 35.5. The molecule has 0 radical (unpaired) electrons. The van der Waals surface area contributed by atoms with Gasteiger partial charge in [-0.25, -0.2) is 0 Å². The number of non-ortho nitro benzene ring substituents is 1. The van der Waals surface area contributed by atoms with E-state index in [1.54, 1.807) is 19.2 Å². The summed E-state index contributed by atoms with van der Waals surface area (Å²) in [6.45, 7) is 5.60. The molecule has 0 heterocycles. The first kappa shape index (κ1) is 22.4. The number of hydrogen-bond donors (Lipinski definition) is 1. The molecule has 29 heavy (non-hydrogen) atoms. The van der Waals surface area contributed by atoms with Gasteiger partial charge in [0.2, 0.25) is 5.91 Å². The predicted molar refractivity (Wildman–Crippen MR) is 112 cm³/mol. The van der Waals surface area contributed by atoms with Crippen molar-refractivity contribution in [3.05, 3.63) is 74.3 Å². The number of rotatable bonds is 7. The zero-order chi connectivity index (χ0) is 21.7. The first-order valence-electron chi connectivity index (χ1n) is 9.16. The van der Waals surface area contributed by atoms with E-state index in [2.05, 4.69) is 5.32 Å². The standard InChI is InChI=1S/C21H24ClN3O4/c1-13(2)19(23-20(26)17-8-6-5-7-14(17)3)21(27)24(4)12-15-11-16(25(28)29)9-10-18(15)22/h5-11,13,19H,12H2,1-4H3,(H,23,26). The Balaban J connectivity index is 2.18. The van der Waals surface area contributed by atoms with Crippen LogP contribution in [0, 0.1) is 23.0 Å². The second kappa shape index (κ2) is 9.52. The maximum absolute atomic E-state index is 13.0. The Kier molecular flexibility index (Phi) is 7.34. The summed E-state index contributed by atoms with van der Waals surface area (Å²) < 4.78 is 0. The number of nitrogens with zero attached hydrogens (tertiary/aromatic N) is 2. The monoisotopic (exact) mass is 417 g/mol. The van der Waals surface area contributed by atoms with Gasteiger partial charge in [-0.15, -0.1) is 0 Å². The molecule has 0 aliphatic rings. The van der Waals surface area contributed by atoms with Gasteiger partial charge in [0, 0.05) is 36.3 Å².